The number of carboxylic acid groups (broad SMARTS) is 1. The van der Waals surface area contributed by atoms with Crippen LogP contribution in [0.4, 0.5) is 5.69 Å². The summed E-state index contributed by atoms with van der Waals surface area (Å²) in [5.41, 5.74) is 2.15. The quantitative estimate of drug-likeness (QED) is 0.287. The van der Waals surface area contributed by atoms with Gasteiger partial charge in [-0.3, -0.25) is 9.59 Å². The minimum absolute atomic E-state index is 0.00780. The maximum atomic E-state index is 14.2. The van der Waals surface area contributed by atoms with E-state index in [0.717, 1.165) is 5.01 Å². The number of fused-ring (bicyclic) bond motifs is 1. The Hall–Kier alpha value is -3.18. The molecule has 0 aliphatic carbocycles. The summed E-state index contributed by atoms with van der Waals surface area (Å²) >= 11 is 7.92. The highest BCUT2D eigenvalue weighted by molar-refractivity contribution is 7.09. The first-order valence-corrected chi connectivity index (χ1v) is 14.6. The van der Waals surface area contributed by atoms with Crippen LogP contribution in [0.25, 0.3) is 0 Å². The molecule has 0 saturated heterocycles. The van der Waals surface area contributed by atoms with Crippen molar-refractivity contribution in [1.82, 2.24) is 4.98 Å². The van der Waals surface area contributed by atoms with E-state index in [-0.39, 0.29) is 25.5 Å². The van der Waals surface area contributed by atoms with Gasteiger partial charge in [0.05, 0.1) is 31.3 Å². The van der Waals surface area contributed by atoms with Crippen molar-refractivity contribution in [3.8, 4) is 11.5 Å². The fourth-order valence-electron chi connectivity index (χ4n) is 4.83. The number of nitrogens with zero attached hydrogens (tertiary/aromatic N) is 2. The number of aryl methyl sites for hydroxylation is 2. The van der Waals surface area contributed by atoms with Gasteiger partial charge in [0.1, 0.15) is 12.2 Å². The lowest BCUT2D eigenvalue weighted by Crippen LogP contribution is -2.45. The highest BCUT2D eigenvalue weighted by Crippen LogP contribution is 2.45. The van der Waals surface area contributed by atoms with E-state index in [0.29, 0.717) is 58.3 Å². The van der Waals surface area contributed by atoms with Gasteiger partial charge in [-0.15, -0.1) is 11.3 Å². The van der Waals surface area contributed by atoms with Crippen molar-refractivity contribution < 1.29 is 34.0 Å². The maximum absolute atomic E-state index is 14.2. The minimum atomic E-state index is -0.874. The molecule has 4 rings (SSSR count). The molecule has 2 heterocycles. The first kappa shape index (κ1) is 30.8. The van der Waals surface area contributed by atoms with Gasteiger partial charge in [-0.2, -0.15) is 0 Å². The van der Waals surface area contributed by atoms with E-state index in [4.69, 9.17) is 30.9 Å². The van der Waals surface area contributed by atoms with Crippen LogP contribution >= 0.6 is 22.9 Å². The second kappa shape index (κ2) is 13.2. The number of carbonyl (C=O) groups excluding carboxylic acids is 1. The fraction of sp³-hybridized carbons (Fsp3) is 0.433. The minimum Gasteiger partial charge on any atom is -0.493 e. The van der Waals surface area contributed by atoms with E-state index >= 15 is 0 Å². The number of carboxylic acids is 1. The largest absolute Gasteiger partial charge is 0.493 e. The van der Waals surface area contributed by atoms with Crippen molar-refractivity contribution in [3.63, 3.8) is 0 Å². The average Bonchev–Trinajstić information content (AvgIpc) is 3.38. The molecular formula is C30H35ClN2O7S. The Balaban J connectivity index is 1.76. The number of methoxy groups -OCH3 is 2. The van der Waals surface area contributed by atoms with Crippen LogP contribution in [0.2, 0.25) is 5.02 Å². The Morgan fingerprint density at radius 2 is 1.95 bits per heavy atom. The Morgan fingerprint density at radius 1 is 1.17 bits per heavy atom. The second-order valence-electron chi connectivity index (χ2n) is 10.7. The zero-order valence-electron chi connectivity index (χ0n) is 23.6. The molecule has 2 N–H and O–H groups in total. The van der Waals surface area contributed by atoms with Gasteiger partial charge in [-0.1, -0.05) is 37.6 Å². The maximum Gasteiger partial charge on any atom is 0.303 e. The van der Waals surface area contributed by atoms with Crippen molar-refractivity contribution in [2.24, 2.45) is 5.41 Å². The third-order valence-electron chi connectivity index (χ3n) is 6.95. The summed E-state index contributed by atoms with van der Waals surface area (Å²) < 4.78 is 18.0. The van der Waals surface area contributed by atoms with Gasteiger partial charge < -0.3 is 29.3 Å². The standard InChI is InChI=1S/C30H35ClN2O7S/c1-30(2,17-34)16-33-22-10-8-18(31)14-21(22)27(20-6-5-7-23(38-3)28(20)39-4)40-24(29(33)37)11-12-25-32-19(15-41-25)9-13-26(35)36/h5-8,10,14-15,24,27,34H,9,11-13,16-17H2,1-4H3,(H,35,36)/t24-,27-/m1/s1. The number of aliphatic hydroxyl groups is 1. The number of thiazole rings is 1. The molecule has 2 aromatic carbocycles. The summed E-state index contributed by atoms with van der Waals surface area (Å²) in [6.07, 6.45) is -0.415. The van der Waals surface area contributed by atoms with E-state index in [1.54, 1.807) is 37.3 Å². The van der Waals surface area contributed by atoms with Gasteiger partial charge in [-0.25, -0.2) is 4.98 Å². The van der Waals surface area contributed by atoms with Crippen LogP contribution in [0.15, 0.2) is 41.8 Å². The van der Waals surface area contributed by atoms with Gasteiger partial charge >= 0.3 is 5.97 Å². The number of hydrogen-bond donors (Lipinski definition) is 2. The predicted molar refractivity (Wildman–Crippen MR) is 157 cm³/mol. The first-order chi connectivity index (χ1) is 19.6. The molecule has 41 heavy (non-hydrogen) atoms. The summed E-state index contributed by atoms with van der Waals surface area (Å²) in [6, 6.07) is 10.9. The SMILES string of the molecule is COc1cccc([C@H]2O[C@H](CCc3nc(CCC(=O)O)cs3)C(=O)N(CC(C)(C)CO)c3ccc(Cl)cc32)c1OC. The lowest BCUT2D eigenvalue weighted by Gasteiger charge is -2.32. The molecule has 2 atom stereocenters. The van der Waals surface area contributed by atoms with Crippen molar-refractivity contribution in [2.45, 2.75) is 51.7 Å². The monoisotopic (exact) mass is 602 g/mol. The van der Waals surface area contributed by atoms with E-state index in [9.17, 15) is 14.7 Å². The summed E-state index contributed by atoms with van der Waals surface area (Å²) in [7, 11) is 3.12. The predicted octanol–water partition coefficient (Wildman–Crippen LogP) is 5.30. The van der Waals surface area contributed by atoms with Crippen molar-refractivity contribution in [2.75, 3.05) is 32.3 Å². The second-order valence-corrected chi connectivity index (χ2v) is 12.1. The number of halogens is 1. The Kier molecular flexibility index (Phi) is 9.91. The van der Waals surface area contributed by atoms with Gasteiger partial charge in [0.2, 0.25) is 0 Å². The zero-order valence-corrected chi connectivity index (χ0v) is 25.1. The van der Waals surface area contributed by atoms with Crippen LogP contribution in [0, 0.1) is 5.41 Å². The van der Waals surface area contributed by atoms with E-state index in [1.165, 1.54) is 11.3 Å². The number of rotatable bonds is 12. The topological polar surface area (TPSA) is 118 Å². The molecular weight excluding hydrogens is 568 g/mol. The Morgan fingerprint density at radius 3 is 2.63 bits per heavy atom. The van der Waals surface area contributed by atoms with Gasteiger partial charge in [0.25, 0.3) is 5.91 Å². The third kappa shape index (κ3) is 7.19. The molecule has 0 saturated carbocycles. The van der Waals surface area contributed by atoms with Crippen LogP contribution in [-0.4, -0.2) is 60.5 Å². The fourth-order valence-corrected chi connectivity index (χ4v) is 5.86. The first-order valence-electron chi connectivity index (χ1n) is 13.3. The molecule has 220 valence electrons. The van der Waals surface area contributed by atoms with Gasteiger partial charge in [0, 0.05) is 58.6 Å². The number of benzene rings is 2. The number of para-hydroxylation sites is 1. The summed E-state index contributed by atoms with van der Waals surface area (Å²) in [5, 5.41) is 22.2. The Labute approximate surface area is 248 Å². The Bertz CT molecular complexity index is 1390. The third-order valence-corrected chi connectivity index (χ3v) is 8.14. The summed E-state index contributed by atoms with van der Waals surface area (Å²) in [4.78, 5) is 31.4. The van der Waals surface area contributed by atoms with Crippen LogP contribution in [0.3, 0.4) is 0 Å². The molecule has 0 unspecified atom stereocenters. The number of aromatic nitrogens is 1. The molecule has 0 bridgehead atoms. The number of aliphatic carboxylic acids is 1. The lowest BCUT2D eigenvalue weighted by molar-refractivity contribution is -0.137. The zero-order chi connectivity index (χ0) is 29.7. The summed E-state index contributed by atoms with van der Waals surface area (Å²) in [5.74, 6) is -0.0906. The number of ether oxygens (including phenoxy) is 3. The number of amides is 1. The van der Waals surface area contributed by atoms with Gasteiger partial charge in [0.15, 0.2) is 11.5 Å². The number of carbonyl (C=O) groups is 2. The van der Waals surface area contributed by atoms with E-state index < -0.39 is 23.6 Å². The smallest absolute Gasteiger partial charge is 0.303 e. The average molecular weight is 603 g/mol. The molecule has 9 nitrogen and oxygen atoms in total. The molecule has 0 radical (unpaired) electrons. The highest BCUT2D eigenvalue weighted by Gasteiger charge is 2.39. The molecule has 1 aliphatic heterocycles. The van der Waals surface area contributed by atoms with Crippen LogP contribution in [0.5, 0.6) is 11.5 Å². The summed E-state index contributed by atoms with van der Waals surface area (Å²) in [6.45, 7) is 3.94. The number of aliphatic hydroxyl groups excluding tert-OH is 1. The van der Waals surface area contributed by atoms with Crippen molar-refractivity contribution in [1.29, 1.82) is 0 Å². The molecule has 0 fully saturated rings. The van der Waals surface area contributed by atoms with E-state index in [1.807, 2.05) is 37.4 Å². The van der Waals surface area contributed by atoms with Crippen LogP contribution in [0.1, 0.15) is 54.6 Å². The highest BCUT2D eigenvalue weighted by atomic mass is 35.5. The van der Waals surface area contributed by atoms with Crippen molar-refractivity contribution >= 4 is 40.5 Å². The molecule has 1 aliphatic rings. The van der Waals surface area contributed by atoms with Gasteiger partial charge in [-0.05, 0) is 30.7 Å². The van der Waals surface area contributed by atoms with Crippen LogP contribution in [-0.2, 0) is 27.2 Å². The number of hydrogen-bond acceptors (Lipinski definition) is 8. The normalized spacial score (nSPS) is 17.2. The molecule has 3 aromatic rings. The molecule has 1 amide bonds. The molecule has 1 aromatic heterocycles. The molecule has 0 spiro atoms. The van der Waals surface area contributed by atoms with E-state index in [2.05, 4.69) is 4.98 Å². The lowest BCUT2D eigenvalue weighted by atomic mass is 9.92. The molecule has 11 heteroatoms. The van der Waals surface area contributed by atoms with Crippen LogP contribution < -0.4 is 14.4 Å². The van der Waals surface area contributed by atoms with Crippen molar-refractivity contribution in [3.05, 3.63) is 68.6 Å². The number of anilines is 1.